The fraction of sp³-hybridized carbons (Fsp3) is 0.615. The van der Waals surface area contributed by atoms with Gasteiger partial charge in [-0.25, -0.2) is 13.6 Å². The lowest BCUT2D eigenvalue weighted by Gasteiger charge is -2.37. The number of aliphatic hydroxyl groups is 1. The first-order chi connectivity index (χ1) is 10.1. The molecule has 2 heterocycles. The highest BCUT2D eigenvalue weighted by atomic mass is 32.2. The monoisotopic (exact) mass is 347 g/mol. The van der Waals surface area contributed by atoms with Crippen LogP contribution in [0.4, 0.5) is 0 Å². The molecule has 3 N–H and O–H groups in total. The Morgan fingerprint density at radius 1 is 1.36 bits per heavy atom. The Labute approximate surface area is 134 Å². The maximum absolute atomic E-state index is 12.4. The molecule has 0 aliphatic carbocycles. The maximum Gasteiger partial charge on any atom is 0.254 e. The number of sulfonamides is 1. The smallest absolute Gasteiger partial charge is 0.254 e. The molecule has 0 spiro atoms. The van der Waals surface area contributed by atoms with Crippen LogP contribution in [0.15, 0.2) is 15.7 Å². The van der Waals surface area contributed by atoms with Crippen molar-refractivity contribution in [1.82, 2.24) is 9.80 Å². The molecule has 0 bridgehead atoms. The fourth-order valence-corrected chi connectivity index (χ4v) is 4.00. The van der Waals surface area contributed by atoms with E-state index >= 15 is 0 Å². The molecule has 0 unspecified atom stereocenters. The summed E-state index contributed by atoms with van der Waals surface area (Å²) in [6.07, 6.45) is 0. The number of nitrogens with two attached hydrogens (primary N) is 1. The van der Waals surface area contributed by atoms with Gasteiger partial charge in [0.15, 0.2) is 0 Å². The first-order valence-corrected chi connectivity index (χ1v) is 9.34. The minimum absolute atomic E-state index is 0.00323. The van der Waals surface area contributed by atoms with Crippen LogP contribution in [0, 0.1) is 0 Å². The molecular weight excluding hydrogens is 326 g/mol. The van der Waals surface area contributed by atoms with E-state index in [1.165, 1.54) is 11.4 Å². The van der Waals surface area contributed by atoms with Gasteiger partial charge in [-0.1, -0.05) is 0 Å². The van der Waals surface area contributed by atoms with E-state index in [0.29, 0.717) is 38.3 Å². The van der Waals surface area contributed by atoms with E-state index in [2.05, 4.69) is 4.90 Å². The number of primary sulfonamides is 1. The SMILES string of the molecule is CC(C)(O)CN1CCN(C(=O)c2csc(S(N)(=O)=O)c2)CC1. The zero-order valence-corrected chi connectivity index (χ0v) is 14.3. The summed E-state index contributed by atoms with van der Waals surface area (Å²) in [5, 5.41) is 16.4. The summed E-state index contributed by atoms with van der Waals surface area (Å²) in [4.78, 5) is 16.2. The number of thiophene rings is 1. The Balaban J connectivity index is 1.97. The molecule has 124 valence electrons. The lowest BCUT2D eigenvalue weighted by atomic mass is 10.1. The summed E-state index contributed by atoms with van der Waals surface area (Å²) >= 11 is 0.953. The summed E-state index contributed by atoms with van der Waals surface area (Å²) < 4.78 is 22.5. The van der Waals surface area contributed by atoms with Crippen molar-refractivity contribution in [3.63, 3.8) is 0 Å². The van der Waals surface area contributed by atoms with Crippen LogP contribution >= 0.6 is 11.3 Å². The number of nitrogens with zero attached hydrogens (tertiary/aromatic N) is 2. The van der Waals surface area contributed by atoms with Crippen LogP contribution in [0.25, 0.3) is 0 Å². The average Bonchev–Trinajstić information content (AvgIpc) is 2.86. The van der Waals surface area contributed by atoms with E-state index in [1.54, 1.807) is 18.7 Å². The topological polar surface area (TPSA) is 104 Å². The highest BCUT2D eigenvalue weighted by Gasteiger charge is 2.26. The Hall–Kier alpha value is -1.00. The number of carbonyl (C=O) groups is 1. The van der Waals surface area contributed by atoms with Crippen molar-refractivity contribution in [1.29, 1.82) is 0 Å². The normalized spacial score (nSPS) is 17.7. The quantitative estimate of drug-likeness (QED) is 0.793. The number of rotatable bonds is 4. The molecule has 0 saturated carbocycles. The third-order valence-corrected chi connectivity index (χ3v) is 5.76. The van der Waals surface area contributed by atoms with Crippen LogP contribution in [0.5, 0.6) is 0 Å². The van der Waals surface area contributed by atoms with Crippen LogP contribution in [-0.2, 0) is 10.0 Å². The van der Waals surface area contributed by atoms with E-state index in [0.717, 1.165) is 11.3 Å². The average molecular weight is 347 g/mol. The second kappa shape index (κ2) is 6.25. The zero-order chi connectivity index (χ0) is 16.5. The lowest BCUT2D eigenvalue weighted by Crippen LogP contribution is -2.51. The maximum atomic E-state index is 12.4. The van der Waals surface area contributed by atoms with Crippen molar-refractivity contribution in [2.75, 3.05) is 32.7 Å². The summed E-state index contributed by atoms with van der Waals surface area (Å²) in [5.41, 5.74) is -0.408. The van der Waals surface area contributed by atoms with Gasteiger partial charge >= 0.3 is 0 Å². The van der Waals surface area contributed by atoms with E-state index < -0.39 is 15.6 Å². The van der Waals surface area contributed by atoms with E-state index in [4.69, 9.17) is 5.14 Å². The molecule has 1 fully saturated rings. The number of amides is 1. The van der Waals surface area contributed by atoms with Gasteiger partial charge in [-0.05, 0) is 19.9 Å². The van der Waals surface area contributed by atoms with Gasteiger partial charge in [-0.15, -0.1) is 11.3 Å². The molecule has 1 saturated heterocycles. The van der Waals surface area contributed by atoms with E-state index in [9.17, 15) is 18.3 Å². The summed E-state index contributed by atoms with van der Waals surface area (Å²) in [5.74, 6) is -0.186. The Morgan fingerprint density at radius 3 is 2.41 bits per heavy atom. The van der Waals surface area contributed by atoms with Gasteiger partial charge in [0, 0.05) is 38.1 Å². The van der Waals surface area contributed by atoms with Gasteiger partial charge in [0.1, 0.15) is 4.21 Å². The molecule has 0 radical (unpaired) electrons. The van der Waals surface area contributed by atoms with E-state index in [-0.39, 0.29) is 10.1 Å². The standard InChI is InChI=1S/C13H21N3O4S2/c1-13(2,18)9-15-3-5-16(6-4-15)12(17)10-7-11(21-8-10)22(14,19)20/h7-8,18H,3-6,9H2,1-2H3,(H2,14,19,20). The molecule has 0 atom stereocenters. The minimum atomic E-state index is -3.76. The highest BCUT2D eigenvalue weighted by Crippen LogP contribution is 2.21. The second-order valence-electron chi connectivity index (χ2n) is 6.08. The Morgan fingerprint density at radius 2 is 1.95 bits per heavy atom. The Kier molecular flexibility index (Phi) is 4.93. The van der Waals surface area contributed by atoms with Crippen LogP contribution in [0.1, 0.15) is 24.2 Å². The van der Waals surface area contributed by atoms with Gasteiger partial charge in [0.2, 0.25) is 10.0 Å². The third-order valence-electron chi connectivity index (χ3n) is 3.37. The van der Waals surface area contributed by atoms with Crippen molar-refractivity contribution in [2.24, 2.45) is 5.14 Å². The minimum Gasteiger partial charge on any atom is -0.389 e. The number of piperazine rings is 1. The first-order valence-electron chi connectivity index (χ1n) is 6.92. The van der Waals surface area contributed by atoms with Gasteiger partial charge in [-0.3, -0.25) is 9.69 Å². The molecule has 1 amide bonds. The van der Waals surface area contributed by atoms with Crippen molar-refractivity contribution in [2.45, 2.75) is 23.7 Å². The van der Waals surface area contributed by atoms with Gasteiger partial charge < -0.3 is 10.0 Å². The molecule has 1 aromatic heterocycles. The second-order valence-corrected chi connectivity index (χ2v) is 8.78. The molecule has 1 aromatic rings. The van der Waals surface area contributed by atoms with Crippen molar-refractivity contribution in [3.05, 3.63) is 17.0 Å². The van der Waals surface area contributed by atoms with Gasteiger partial charge in [0.25, 0.3) is 5.91 Å². The number of β-amino-alcohol motifs (C(OH)–C–C–N with tert-alkyl or cyclic N) is 1. The highest BCUT2D eigenvalue weighted by molar-refractivity contribution is 7.91. The predicted molar refractivity (Wildman–Crippen MR) is 84.3 cm³/mol. The van der Waals surface area contributed by atoms with Crippen molar-refractivity contribution < 1.29 is 18.3 Å². The summed E-state index contributed by atoms with van der Waals surface area (Å²) in [6.45, 7) is 6.53. The molecule has 22 heavy (non-hydrogen) atoms. The van der Waals surface area contributed by atoms with Crippen molar-refractivity contribution in [3.8, 4) is 0 Å². The fourth-order valence-electron chi connectivity index (χ4n) is 2.42. The lowest BCUT2D eigenvalue weighted by molar-refractivity contribution is 0.0178. The number of carbonyl (C=O) groups excluding carboxylic acids is 1. The van der Waals surface area contributed by atoms with Gasteiger partial charge in [-0.2, -0.15) is 0 Å². The molecule has 1 aliphatic heterocycles. The third kappa shape index (κ3) is 4.50. The number of hydrogen-bond donors (Lipinski definition) is 2. The Bertz CT molecular complexity index is 640. The molecule has 2 rings (SSSR count). The first kappa shape index (κ1) is 17.4. The predicted octanol–water partition coefficient (Wildman–Crippen LogP) is -0.0758. The largest absolute Gasteiger partial charge is 0.389 e. The van der Waals surface area contributed by atoms with Crippen molar-refractivity contribution >= 4 is 27.3 Å². The van der Waals surface area contributed by atoms with E-state index in [1.807, 2.05) is 0 Å². The molecule has 0 aromatic carbocycles. The molecular formula is C13H21N3O4S2. The van der Waals surface area contributed by atoms with Crippen LogP contribution < -0.4 is 5.14 Å². The molecule has 1 aliphatic rings. The zero-order valence-electron chi connectivity index (χ0n) is 12.7. The summed E-state index contributed by atoms with van der Waals surface area (Å²) in [6, 6.07) is 1.32. The summed E-state index contributed by atoms with van der Waals surface area (Å²) in [7, 11) is -3.76. The van der Waals surface area contributed by atoms with Gasteiger partial charge in [0.05, 0.1) is 11.2 Å². The molecule has 9 heteroatoms. The van der Waals surface area contributed by atoms with Crippen LogP contribution in [0.2, 0.25) is 0 Å². The van der Waals surface area contributed by atoms with Crippen LogP contribution in [0.3, 0.4) is 0 Å². The number of hydrogen-bond acceptors (Lipinski definition) is 6. The molecule has 7 nitrogen and oxygen atoms in total. The van der Waals surface area contributed by atoms with Crippen LogP contribution in [-0.4, -0.2) is 67.6 Å².